The predicted molar refractivity (Wildman–Crippen MR) is 113 cm³/mol. The fourth-order valence-corrected chi connectivity index (χ4v) is 3.30. The van der Waals surface area contributed by atoms with Crippen molar-refractivity contribution < 1.29 is 14.6 Å². The Balaban J connectivity index is 1.54. The van der Waals surface area contributed by atoms with E-state index in [-0.39, 0.29) is 18.4 Å². The highest BCUT2D eigenvalue weighted by molar-refractivity contribution is 5.68. The molecule has 0 spiro atoms. The van der Waals surface area contributed by atoms with E-state index >= 15 is 0 Å². The first kappa shape index (κ1) is 20.6. The summed E-state index contributed by atoms with van der Waals surface area (Å²) >= 11 is 0. The van der Waals surface area contributed by atoms with Crippen LogP contribution in [0.1, 0.15) is 41.6 Å². The van der Waals surface area contributed by atoms with Gasteiger partial charge in [0.1, 0.15) is 5.75 Å². The Labute approximate surface area is 171 Å². The van der Waals surface area contributed by atoms with Gasteiger partial charge in [-0.15, -0.1) is 0 Å². The third kappa shape index (κ3) is 6.43. The van der Waals surface area contributed by atoms with Crippen molar-refractivity contribution in [3.8, 4) is 5.75 Å². The minimum atomic E-state index is -0.789. The molecule has 1 aromatic heterocycles. The number of aromatic nitrogens is 1. The average molecular weight is 390 g/mol. The first-order chi connectivity index (χ1) is 14.1. The molecular formula is C24H26N2O3. The van der Waals surface area contributed by atoms with Crippen LogP contribution in [0.25, 0.3) is 0 Å². The molecule has 5 heteroatoms. The van der Waals surface area contributed by atoms with Gasteiger partial charge < -0.3 is 15.6 Å². The lowest BCUT2D eigenvalue weighted by Crippen LogP contribution is -2.15. The summed E-state index contributed by atoms with van der Waals surface area (Å²) in [6.07, 6.45) is 3.18. The van der Waals surface area contributed by atoms with Gasteiger partial charge in [0.25, 0.3) is 0 Å². The summed E-state index contributed by atoms with van der Waals surface area (Å²) < 4.78 is 5.81. The summed E-state index contributed by atoms with van der Waals surface area (Å²) in [5, 5.41) is 9.26. The van der Waals surface area contributed by atoms with E-state index < -0.39 is 5.97 Å². The zero-order valence-electron chi connectivity index (χ0n) is 16.3. The second-order valence-electron chi connectivity index (χ2n) is 7.05. The smallest absolute Gasteiger partial charge is 0.303 e. The normalized spacial score (nSPS) is 12.9. The third-order valence-electron chi connectivity index (χ3n) is 4.86. The number of nitrogens with two attached hydrogens (primary N) is 1. The molecular weight excluding hydrogens is 364 g/mol. The molecule has 0 aliphatic heterocycles. The standard InChI is InChI=1S/C24H26N2O3/c25-22(23-8-4-5-14-26-23)13-15-29-21-11-9-18(10-12-21)16-20(17-24(27)28)19-6-2-1-3-7-19/h1-12,14,20,22H,13,15-17,25H2,(H,27,28)/t20?,22-/m0/s1. The Kier molecular flexibility index (Phi) is 7.36. The second kappa shape index (κ2) is 10.4. The molecule has 1 unspecified atom stereocenters. The number of hydrogen-bond donors (Lipinski definition) is 2. The van der Waals surface area contributed by atoms with E-state index in [1.165, 1.54) is 0 Å². The van der Waals surface area contributed by atoms with Crippen molar-refractivity contribution in [2.75, 3.05) is 6.61 Å². The molecule has 3 rings (SSSR count). The Bertz CT molecular complexity index is 883. The van der Waals surface area contributed by atoms with Crippen LogP contribution in [0.3, 0.4) is 0 Å². The molecule has 0 amide bonds. The summed E-state index contributed by atoms with van der Waals surface area (Å²) in [5.74, 6) is -0.0728. The summed E-state index contributed by atoms with van der Waals surface area (Å²) in [4.78, 5) is 15.5. The fourth-order valence-electron chi connectivity index (χ4n) is 3.30. The number of rotatable bonds is 10. The van der Waals surface area contributed by atoms with Gasteiger partial charge in [0.15, 0.2) is 0 Å². The lowest BCUT2D eigenvalue weighted by atomic mass is 9.89. The van der Waals surface area contributed by atoms with Crippen molar-refractivity contribution in [1.29, 1.82) is 0 Å². The van der Waals surface area contributed by atoms with Crippen molar-refractivity contribution in [2.24, 2.45) is 5.73 Å². The number of nitrogens with zero attached hydrogens (tertiary/aromatic N) is 1. The van der Waals surface area contributed by atoms with Crippen LogP contribution in [0, 0.1) is 0 Å². The number of ether oxygens (including phenoxy) is 1. The van der Waals surface area contributed by atoms with Crippen LogP contribution in [-0.2, 0) is 11.2 Å². The summed E-state index contributed by atoms with van der Waals surface area (Å²) in [5.41, 5.74) is 9.12. The van der Waals surface area contributed by atoms with Gasteiger partial charge in [-0.3, -0.25) is 9.78 Å². The fraction of sp³-hybridized carbons (Fsp3) is 0.250. The molecule has 0 bridgehead atoms. The van der Waals surface area contributed by atoms with Gasteiger partial charge in [0.05, 0.1) is 24.8 Å². The van der Waals surface area contributed by atoms with Gasteiger partial charge in [-0.05, 0) is 47.7 Å². The van der Waals surface area contributed by atoms with Crippen molar-refractivity contribution in [3.05, 3.63) is 95.8 Å². The molecule has 0 saturated carbocycles. The van der Waals surface area contributed by atoms with Gasteiger partial charge in [0, 0.05) is 12.6 Å². The minimum Gasteiger partial charge on any atom is -0.494 e. The Morgan fingerprint density at radius 2 is 1.72 bits per heavy atom. The number of carboxylic acids is 1. The zero-order valence-corrected chi connectivity index (χ0v) is 16.3. The quantitative estimate of drug-likeness (QED) is 0.537. The largest absolute Gasteiger partial charge is 0.494 e. The van der Waals surface area contributed by atoms with E-state index in [1.807, 2.05) is 72.8 Å². The number of hydrogen-bond acceptors (Lipinski definition) is 4. The zero-order chi connectivity index (χ0) is 20.5. The number of carbonyl (C=O) groups is 1. The maximum atomic E-state index is 11.3. The Morgan fingerprint density at radius 3 is 2.38 bits per heavy atom. The average Bonchev–Trinajstić information content (AvgIpc) is 2.75. The monoisotopic (exact) mass is 390 g/mol. The maximum absolute atomic E-state index is 11.3. The molecule has 2 aromatic carbocycles. The van der Waals surface area contributed by atoms with Gasteiger partial charge in [-0.2, -0.15) is 0 Å². The van der Waals surface area contributed by atoms with Crippen molar-refractivity contribution in [3.63, 3.8) is 0 Å². The van der Waals surface area contributed by atoms with Crippen LogP contribution in [0.15, 0.2) is 79.0 Å². The lowest BCUT2D eigenvalue weighted by molar-refractivity contribution is -0.137. The molecule has 29 heavy (non-hydrogen) atoms. The highest BCUT2D eigenvalue weighted by Crippen LogP contribution is 2.25. The summed E-state index contributed by atoms with van der Waals surface area (Å²) in [7, 11) is 0. The van der Waals surface area contributed by atoms with Crippen LogP contribution >= 0.6 is 0 Å². The van der Waals surface area contributed by atoms with E-state index in [0.717, 1.165) is 22.6 Å². The summed E-state index contributed by atoms with van der Waals surface area (Å²) in [6, 6.07) is 23.2. The highest BCUT2D eigenvalue weighted by atomic mass is 16.5. The third-order valence-corrected chi connectivity index (χ3v) is 4.86. The number of benzene rings is 2. The highest BCUT2D eigenvalue weighted by Gasteiger charge is 2.16. The van der Waals surface area contributed by atoms with Gasteiger partial charge in [-0.25, -0.2) is 0 Å². The molecule has 5 nitrogen and oxygen atoms in total. The van der Waals surface area contributed by atoms with Gasteiger partial charge >= 0.3 is 5.97 Å². The van der Waals surface area contributed by atoms with Crippen molar-refractivity contribution in [1.82, 2.24) is 4.98 Å². The molecule has 0 fully saturated rings. The molecule has 1 heterocycles. The molecule has 0 aliphatic rings. The molecule has 3 aromatic rings. The molecule has 0 aliphatic carbocycles. The molecule has 150 valence electrons. The molecule has 0 saturated heterocycles. The first-order valence-corrected chi connectivity index (χ1v) is 9.77. The van der Waals surface area contributed by atoms with Crippen molar-refractivity contribution in [2.45, 2.75) is 31.2 Å². The van der Waals surface area contributed by atoms with E-state index in [1.54, 1.807) is 6.20 Å². The van der Waals surface area contributed by atoms with E-state index in [0.29, 0.717) is 19.4 Å². The predicted octanol–water partition coefficient (Wildman–Crippen LogP) is 4.35. The van der Waals surface area contributed by atoms with Crippen LogP contribution in [-0.4, -0.2) is 22.7 Å². The van der Waals surface area contributed by atoms with Crippen LogP contribution in [0.5, 0.6) is 5.75 Å². The topological polar surface area (TPSA) is 85.4 Å². The van der Waals surface area contributed by atoms with Crippen LogP contribution in [0.2, 0.25) is 0 Å². The first-order valence-electron chi connectivity index (χ1n) is 9.77. The van der Waals surface area contributed by atoms with E-state index in [9.17, 15) is 9.90 Å². The van der Waals surface area contributed by atoms with Crippen LogP contribution in [0.4, 0.5) is 0 Å². The van der Waals surface area contributed by atoms with Gasteiger partial charge in [-0.1, -0.05) is 48.5 Å². The van der Waals surface area contributed by atoms with Crippen LogP contribution < -0.4 is 10.5 Å². The second-order valence-corrected chi connectivity index (χ2v) is 7.05. The summed E-state index contributed by atoms with van der Waals surface area (Å²) in [6.45, 7) is 0.503. The number of pyridine rings is 1. The van der Waals surface area contributed by atoms with E-state index in [4.69, 9.17) is 10.5 Å². The Hall–Kier alpha value is -3.18. The Morgan fingerprint density at radius 1 is 1.00 bits per heavy atom. The lowest BCUT2D eigenvalue weighted by Gasteiger charge is -2.16. The van der Waals surface area contributed by atoms with Crippen molar-refractivity contribution >= 4 is 5.97 Å². The molecule has 0 radical (unpaired) electrons. The van der Waals surface area contributed by atoms with E-state index in [2.05, 4.69) is 4.98 Å². The molecule has 2 atom stereocenters. The minimum absolute atomic E-state index is 0.0585. The maximum Gasteiger partial charge on any atom is 0.303 e. The molecule has 3 N–H and O–H groups in total. The number of carboxylic acid groups (broad SMARTS) is 1. The van der Waals surface area contributed by atoms with Gasteiger partial charge in [0.2, 0.25) is 0 Å². The SMILES string of the molecule is N[C@@H](CCOc1ccc(CC(CC(=O)O)c2ccccc2)cc1)c1ccccn1. The number of aliphatic carboxylic acids is 1.